The largest absolute Gasteiger partial charge is 0.480 e. The van der Waals surface area contributed by atoms with E-state index in [1.54, 1.807) is 6.92 Å². The number of hydrogen-bond donors (Lipinski definition) is 2. The van der Waals surface area contributed by atoms with E-state index >= 15 is 0 Å². The van der Waals surface area contributed by atoms with Crippen LogP contribution in [0.25, 0.3) is 0 Å². The Bertz CT molecular complexity index is 286. The third-order valence-corrected chi connectivity index (χ3v) is 2.11. The Hall–Kier alpha value is -1.01. The van der Waals surface area contributed by atoms with E-state index < -0.39 is 12.0 Å². The summed E-state index contributed by atoms with van der Waals surface area (Å²) in [5.74, 6) is -0.351. The van der Waals surface area contributed by atoms with E-state index in [1.165, 1.54) is 11.5 Å². The van der Waals surface area contributed by atoms with Gasteiger partial charge in [-0.15, -0.1) is 0 Å². The van der Waals surface area contributed by atoms with E-state index in [1.807, 2.05) is 0 Å². The Morgan fingerprint density at radius 1 is 1.83 bits per heavy atom. The molecule has 1 aromatic rings. The van der Waals surface area contributed by atoms with Crippen LogP contribution in [0.4, 0.5) is 0 Å². The predicted molar refractivity (Wildman–Crippen MR) is 44.0 cm³/mol. The number of aliphatic carboxylic acids is 1. The first-order chi connectivity index (χ1) is 5.59. The molecule has 0 spiro atoms. The second kappa shape index (κ2) is 3.59. The summed E-state index contributed by atoms with van der Waals surface area (Å²) in [6.45, 7) is 1.76. The Kier molecular flexibility index (Phi) is 2.72. The Morgan fingerprint density at radius 3 is 2.92 bits per heavy atom. The lowest BCUT2D eigenvalue weighted by molar-refractivity contribution is -0.138. The molecule has 6 heteroatoms. The van der Waals surface area contributed by atoms with Crippen LogP contribution in [0.5, 0.6) is 0 Å². The molecule has 66 valence electrons. The molecule has 1 unspecified atom stereocenters. The molecule has 0 aromatic carbocycles. The SMILES string of the molecule is Cc1nsc(CC(N)C(=O)O)n1. The number of nitrogens with two attached hydrogens (primary N) is 1. The van der Waals surface area contributed by atoms with Crippen LogP contribution < -0.4 is 5.73 Å². The summed E-state index contributed by atoms with van der Waals surface area (Å²) in [7, 11) is 0. The lowest BCUT2D eigenvalue weighted by atomic mass is 10.2. The standard InChI is InChI=1S/C6H9N3O2S/c1-3-8-5(12-9-3)2-4(7)6(10)11/h4H,2,7H2,1H3,(H,10,11). The highest BCUT2D eigenvalue weighted by Gasteiger charge is 2.14. The summed E-state index contributed by atoms with van der Waals surface area (Å²) in [5.41, 5.74) is 5.30. The Balaban J connectivity index is 2.58. The van der Waals surface area contributed by atoms with E-state index in [0.717, 1.165) is 0 Å². The molecule has 12 heavy (non-hydrogen) atoms. The fraction of sp³-hybridized carbons (Fsp3) is 0.500. The summed E-state index contributed by atoms with van der Waals surface area (Å²) in [6, 6.07) is -0.877. The smallest absolute Gasteiger partial charge is 0.320 e. The van der Waals surface area contributed by atoms with E-state index in [4.69, 9.17) is 10.8 Å². The number of carboxylic acid groups (broad SMARTS) is 1. The molecular formula is C6H9N3O2S. The summed E-state index contributed by atoms with van der Waals surface area (Å²) in [4.78, 5) is 14.3. The molecule has 0 radical (unpaired) electrons. The van der Waals surface area contributed by atoms with Crippen molar-refractivity contribution in [2.45, 2.75) is 19.4 Å². The molecule has 3 N–H and O–H groups in total. The zero-order chi connectivity index (χ0) is 9.14. The number of aryl methyl sites for hydroxylation is 1. The lowest BCUT2D eigenvalue weighted by Gasteiger charge is -2.00. The minimum atomic E-state index is -1.01. The highest BCUT2D eigenvalue weighted by molar-refractivity contribution is 7.05. The maximum atomic E-state index is 10.3. The zero-order valence-electron chi connectivity index (χ0n) is 6.52. The molecule has 1 aromatic heterocycles. The maximum absolute atomic E-state index is 10.3. The van der Waals surface area contributed by atoms with Gasteiger partial charge in [0.1, 0.15) is 16.9 Å². The van der Waals surface area contributed by atoms with Crippen molar-refractivity contribution in [2.75, 3.05) is 0 Å². The van der Waals surface area contributed by atoms with Crippen LogP contribution in [0.3, 0.4) is 0 Å². The molecule has 0 saturated carbocycles. The van der Waals surface area contributed by atoms with Crippen LogP contribution in [-0.2, 0) is 11.2 Å². The van der Waals surface area contributed by atoms with Crippen LogP contribution in [0, 0.1) is 6.92 Å². The monoisotopic (exact) mass is 187 g/mol. The van der Waals surface area contributed by atoms with Gasteiger partial charge in [-0.1, -0.05) is 0 Å². The Labute approximate surface area is 73.4 Å². The third kappa shape index (κ3) is 2.24. The van der Waals surface area contributed by atoms with Crippen LogP contribution in [-0.4, -0.2) is 26.5 Å². The highest BCUT2D eigenvalue weighted by Crippen LogP contribution is 2.05. The second-order valence-electron chi connectivity index (χ2n) is 2.38. The molecule has 1 rings (SSSR count). The van der Waals surface area contributed by atoms with Crippen molar-refractivity contribution in [1.82, 2.24) is 9.36 Å². The van der Waals surface area contributed by atoms with Gasteiger partial charge in [-0.25, -0.2) is 4.98 Å². The van der Waals surface area contributed by atoms with Gasteiger partial charge in [-0.05, 0) is 18.5 Å². The van der Waals surface area contributed by atoms with E-state index in [2.05, 4.69) is 9.36 Å². The third-order valence-electron chi connectivity index (χ3n) is 1.28. The maximum Gasteiger partial charge on any atom is 0.320 e. The fourth-order valence-electron chi connectivity index (χ4n) is 0.698. The predicted octanol–water partition coefficient (Wildman–Crippen LogP) is -0.199. The van der Waals surface area contributed by atoms with Gasteiger partial charge in [0.05, 0.1) is 0 Å². The van der Waals surface area contributed by atoms with Crippen LogP contribution in [0.2, 0.25) is 0 Å². The Morgan fingerprint density at radius 2 is 2.50 bits per heavy atom. The van der Waals surface area contributed by atoms with Crippen LogP contribution in [0.15, 0.2) is 0 Å². The number of carboxylic acids is 1. The first-order valence-electron chi connectivity index (χ1n) is 3.37. The quantitative estimate of drug-likeness (QED) is 0.684. The van der Waals surface area contributed by atoms with E-state index in [0.29, 0.717) is 10.8 Å². The van der Waals surface area contributed by atoms with Crippen molar-refractivity contribution >= 4 is 17.5 Å². The van der Waals surface area contributed by atoms with Crippen molar-refractivity contribution in [2.24, 2.45) is 5.73 Å². The van der Waals surface area contributed by atoms with Gasteiger partial charge < -0.3 is 10.8 Å². The lowest BCUT2D eigenvalue weighted by Crippen LogP contribution is -2.32. The van der Waals surface area contributed by atoms with Gasteiger partial charge in [0.2, 0.25) is 0 Å². The second-order valence-corrected chi connectivity index (χ2v) is 3.22. The van der Waals surface area contributed by atoms with Crippen molar-refractivity contribution < 1.29 is 9.90 Å². The molecule has 0 aliphatic heterocycles. The summed E-state index contributed by atoms with van der Waals surface area (Å²) in [5, 5.41) is 9.15. The van der Waals surface area contributed by atoms with Crippen molar-refractivity contribution in [3.8, 4) is 0 Å². The van der Waals surface area contributed by atoms with Gasteiger partial charge >= 0.3 is 5.97 Å². The first-order valence-corrected chi connectivity index (χ1v) is 4.14. The number of aromatic nitrogens is 2. The topological polar surface area (TPSA) is 89.1 Å². The number of nitrogens with zero attached hydrogens (tertiary/aromatic N) is 2. The van der Waals surface area contributed by atoms with Gasteiger partial charge in [-0.2, -0.15) is 4.37 Å². The molecule has 0 aliphatic carbocycles. The van der Waals surface area contributed by atoms with Gasteiger partial charge in [0.15, 0.2) is 0 Å². The molecule has 0 saturated heterocycles. The summed E-state index contributed by atoms with van der Waals surface area (Å²) < 4.78 is 3.91. The zero-order valence-corrected chi connectivity index (χ0v) is 7.34. The van der Waals surface area contributed by atoms with Crippen molar-refractivity contribution in [1.29, 1.82) is 0 Å². The molecule has 5 nitrogen and oxygen atoms in total. The highest BCUT2D eigenvalue weighted by atomic mass is 32.1. The molecule has 1 atom stereocenters. The van der Waals surface area contributed by atoms with Crippen LogP contribution >= 0.6 is 11.5 Å². The van der Waals surface area contributed by atoms with E-state index in [-0.39, 0.29) is 6.42 Å². The minimum Gasteiger partial charge on any atom is -0.480 e. The molecule has 0 amide bonds. The minimum absolute atomic E-state index is 0.251. The number of hydrogen-bond acceptors (Lipinski definition) is 5. The molecule has 0 bridgehead atoms. The first kappa shape index (κ1) is 9.08. The van der Waals surface area contributed by atoms with Crippen molar-refractivity contribution in [3.63, 3.8) is 0 Å². The summed E-state index contributed by atoms with van der Waals surface area (Å²) >= 11 is 1.19. The average molecular weight is 187 g/mol. The van der Waals surface area contributed by atoms with Gasteiger partial charge in [0.25, 0.3) is 0 Å². The van der Waals surface area contributed by atoms with Crippen molar-refractivity contribution in [3.05, 3.63) is 10.8 Å². The van der Waals surface area contributed by atoms with E-state index in [9.17, 15) is 4.79 Å². The number of rotatable bonds is 3. The molecular weight excluding hydrogens is 178 g/mol. The van der Waals surface area contributed by atoms with Gasteiger partial charge in [-0.3, -0.25) is 4.79 Å². The molecule has 0 aliphatic rings. The molecule has 0 fully saturated rings. The number of carbonyl (C=O) groups is 1. The fourth-order valence-corrected chi connectivity index (χ4v) is 1.40. The average Bonchev–Trinajstić information content (AvgIpc) is 2.35. The van der Waals surface area contributed by atoms with Crippen LogP contribution in [0.1, 0.15) is 10.8 Å². The summed E-state index contributed by atoms with van der Waals surface area (Å²) in [6.07, 6.45) is 0.251. The normalized spacial score (nSPS) is 12.8. The van der Waals surface area contributed by atoms with Gasteiger partial charge in [0, 0.05) is 6.42 Å². The molecule has 1 heterocycles.